The minimum atomic E-state index is -0.225. The highest BCUT2D eigenvalue weighted by Gasteiger charge is 2.43. The Balaban J connectivity index is 1.20. The Bertz CT molecular complexity index is 915. The topological polar surface area (TPSA) is 87.7 Å². The number of benzene rings is 1. The maximum absolute atomic E-state index is 12.7. The molecular formula is C21H23N5O3. The van der Waals surface area contributed by atoms with E-state index >= 15 is 0 Å². The summed E-state index contributed by atoms with van der Waals surface area (Å²) in [5, 5.41) is 10.9. The lowest BCUT2D eigenvalue weighted by Gasteiger charge is -2.21. The summed E-state index contributed by atoms with van der Waals surface area (Å²) in [4.78, 5) is 28.8. The largest absolute Gasteiger partial charge is 0.381 e. The number of hydrogen-bond donors (Lipinski definition) is 1. The molecule has 1 aromatic heterocycles. The van der Waals surface area contributed by atoms with Gasteiger partial charge in [0.1, 0.15) is 0 Å². The van der Waals surface area contributed by atoms with Crippen LogP contribution >= 0.6 is 0 Å². The minimum Gasteiger partial charge on any atom is -0.381 e. The van der Waals surface area contributed by atoms with Crippen molar-refractivity contribution in [1.29, 1.82) is 0 Å². The summed E-state index contributed by atoms with van der Waals surface area (Å²) >= 11 is 0. The van der Waals surface area contributed by atoms with Crippen LogP contribution in [0.1, 0.15) is 34.5 Å². The number of amides is 3. The van der Waals surface area contributed by atoms with Crippen molar-refractivity contribution >= 4 is 17.8 Å². The van der Waals surface area contributed by atoms with Gasteiger partial charge in [0, 0.05) is 38.2 Å². The molecule has 2 saturated heterocycles. The first kappa shape index (κ1) is 18.1. The van der Waals surface area contributed by atoms with Crippen molar-refractivity contribution in [2.45, 2.75) is 25.9 Å². The van der Waals surface area contributed by atoms with Gasteiger partial charge in [-0.25, -0.2) is 4.79 Å². The lowest BCUT2D eigenvalue weighted by molar-refractivity contribution is 0.0759. The van der Waals surface area contributed by atoms with Gasteiger partial charge in [-0.1, -0.05) is 24.3 Å². The zero-order valence-corrected chi connectivity index (χ0v) is 16.1. The molecule has 8 nitrogen and oxygen atoms in total. The van der Waals surface area contributed by atoms with Gasteiger partial charge in [-0.3, -0.25) is 10.1 Å². The first-order valence-electron chi connectivity index (χ1n) is 9.95. The second-order valence-corrected chi connectivity index (χ2v) is 8.14. The van der Waals surface area contributed by atoms with Gasteiger partial charge in [0.25, 0.3) is 5.91 Å². The van der Waals surface area contributed by atoms with Crippen molar-refractivity contribution in [3.63, 3.8) is 0 Å². The fraction of sp³-hybridized carbons (Fsp3) is 0.429. The zero-order valence-electron chi connectivity index (χ0n) is 16.1. The van der Waals surface area contributed by atoms with Crippen LogP contribution in [0.3, 0.4) is 0 Å². The molecule has 0 radical (unpaired) electrons. The molecule has 5 rings (SSSR count). The standard InChI is InChI=1S/C21H23N5O3/c27-19(25-9-7-21(13-25)8-10-29-14-21)17-5-6-18(24-23-17)22-20(28)26-11-15-3-1-2-4-16(15)12-26/h1-6H,7-14H2,(H,22,24,28). The Kier molecular flexibility index (Phi) is 4.43. The summed E-state index contributed by atoms with van der Waals surface area (Å²) in [7, 11) is 0. The predicted molar refractivity (Wildman–Crippen MR) is 105 cm³/mol. The van der Waals surface area contributed by atoms with Crippen LogP contribution in [-0.2, 0) is 17.8 Å². The van der Waals surface area contributed by atoms with Crippen LogP contribution in [0.2, 0.25) is 0 Å². The second kappa shape index (κ2) is 7.11. The number of hydrogen-bond acceptors (Lipinski definition) is 5. The number of anilines is 1. The molecule has 1 aromatic carbocycles. The SMILES string of the molecule is O=C(Nc1ccc(C(=O)N2CCC3(CCOC3)C2)nn1)N1Cc2ccccc2C1. The van der Waals surface area contributed by atoms with E-state index in [1.807, 2.05) is 29.2 Å². The number of nitrogens with one attached hydrogen (secondary N) is 1. The highest BCUT2D eigenvalue weighted by molar-refractivity contribution is 5.93. The average molecular weight is 393 g/mol. The maximum Gasteiger partial charge on any atom is 0.323 e. The zero-order chi connectivity index (χ0) is 19.8. The Morgan fingerprint density at radius 2 is 1.79 bits per heavy atom. The molecule has 1 spiro atoms. The quantitative estimate of drug-likeness (QED) is 0.846. The first-order chi connectivity index (χ1) is 14.1. The number of rotatable bonds is 2. The molecule has 2 aromatic rings. The Morgan fingerprint density at radius 1 is 1.00 bits per heavy atom. The molecule has 2 fully saturated rings. The third kappa shape index (κ3) is 3.44. The molecule has 4 heterocycles. The number of carbonyl (C=O) groups excluding carboxylic acids is 2. The summed E-state index contributed by atoms with van der Waals surface area (Å²) in [6.07, 6.45) is 1.98. The molecule has 3 aliphatic rings. The van der Waals surface area contributed by atoms with E-state index in [4.69, 9.17) is 4.74 Å². The summed E-state index contributed by atoms with van der Waals surface area (Å²) in [5.41, 5.74) is 2.73. The van der Waals surface area contributed by atoms with Gasteiger partial charge in [-0.05, 0) is 36.1 Å². The third-order valence-corrected chi connectivity index (χ3v) is 6.16. The van der Waals surface area contributed by atoms with E-state index in [0.29, 0.717) is 31.1 Å². The van der Waals surface area contributed by atoms with Crippen molar-refractivity contribution in [3.05, 3.63) is 53.2 Å². The number of fused-ring (bicyclic) bond motifs is 1. The summed E-state index contributed by atoms with van der Waals surface area (Å²) in [6, 6.07) is 11.0. The van der Waals surface area contributed by atoms with Gasteiger partial charge >= 0.3 is 6.03 Å². The molecule has 150 valence electrons. The first-order valence-corrected chi connectivity index (χ1v) is 9.95. The molecule has 0 aliphatic carbocycles. The molecule has 0 bridgehead atoms. The molecule has 8 heteroatoms. The Morgan fingerprint density at radius 3 is 2.45 bits per heavy atom. The normalized spacial score (nSPS) is 22.9. The van der Waals surface area contributed by atoms with Crippen LogP contribution in [0.5, 0.6) is 0 Å². The molecule has 29 heavy (non-hydrogen) atoms. The highest BCUT2D eigenvalue weighted by atomic mass is 16.5. The fourth-order valence-corrected chi connectivity index (χ4v) is 4.42. The van der Waals surface area contributed by atoms with Crippen molar-refractivity contribution in [2.75, 3.05) is 31.6 Å². The van der Waals surface area contributed by atoms with Gasteiger partial charge < -0.3 is 14.5 Å². The van der Waals surface area contributed by atoms with E-state index in [1.54, 1.807) is 17.0 Å². The van der Waals surface area contributed by atoms with Crippen LogP contribution in [0, 0.1) is 5.41 Å². The van der Waals surface area contributed by atoms with Crippen molar-refractivity contribution < 1.29 is 14.3 Å². The second-order valence-electron chi connectivity index (χ2n) is 8.14. The molecular weight excluding hydrogens is 370 g/mol. The van der Waals surface area contributed by atoms with E-state index in [-0.39, 0.29) is 17.4 Å². The fourth-order valence-electron chi connectivity index (χ4n) is 4.42. The minimum absolute atomic E-state index is 0.115. The third-order valence-electron chi connectivity index (χ3n) is 6.16. The van der Waals surface area contributed by atoms with Crippen molar-refractivity contribution in [2.24, 2.45) is 5.41 Å². The maximum atomic E-state index is 12.7. The summed E-state index contributed by atoms with van der Waals surface area (Å²) in [6.45, 7) is 4.09. The number of nitrogens with zero attached hydrogens (tertiary/aromatic N) is 4. The van der Waals surface area contributed by atoms with Crippen LogP contribution < -0.4 is 5.32 Å². The van der Waals surface area contributed by atoms with Crippen LogP contribution in [-0.4, -0.2) is 58.2 Å². The number of carbonyl (C=O) groups is 2. The summed E-state index contributed by atoms with van der Waals surface area (Å²) in [5.74, 6) is 0.221. The smallest absolute Gasteiger partial charge is 0.323 e. The van der Waals surface area contributed by atoms with Crippen LogP contribution in [0.15, 0.2) is 36.4 Å². The van der Waals surface area contributed by atoms with Crippen LogP contribution in [0.4, 0.5) is 10.6 Å². The van der Waals surface area contributed by atoms with Gasteiger partial charge in [0.15, 0.2) is 11.5 Å². The van der Waals surface area contributed by atoms with E-state index in [2.05, 4.69) is 15.5 Å². The van der Waals surface area contributed by atoms with Crippen LogP contribution in [0.25, 0.3) is 0 Å². The molecule has 1 atom stereocenters. The number of ether oxygens (including phenoxy) is 1. The van der Waals surface area contributed by atoms with Gasteiger partial charge in [-0.2, -0.15) is 0 Å². The highest BCUT2D eigenvalue weighted by Crippen LogP contribution is 2.38. The van der Waals surface area contributed by atoms with E-state index < -0.39 is 0 Å². The average Bonchev–Trinajstić information content (AvgIpc) is 3.48. The monoisotopic (exact) mass is 393 g/mol. The van der Waals surface area contributed by atoms with Crippen molar-refractivity contribution in [3.8, 4) is 0 Å². The molecule has 3 amide bonds. The lowest BCUT2D eigenvalue weighted by Crippen LogP contribution is -2.33. The number of aromatic nitrogens is 2. The number of likely N-dealkylation sites (tertiary alicyclic amines) is 1. The van der Waals surface area contributed by atoms with Gasteiger partial charge in [-0.15, -0.1) is 10.2 Å². The predicted octanol–water partition coefficient (Wildman–Crippen LogP) is 2.28. The van der Waals surface area contributed by atoms with Gasteiger partial charge in [0.05, 0.1) is 6.61 Å². The number of urea groups is 1. The Labute approximate surface area is 168 Å². The molecule has 3 aliphatic heterocycles. The molecule has 0 saturated carbocycles. The summed E-state index contributed by atoms with van der Waals surface area (Å²) < 4.78 is 5.52. The van der Waals surface area contributed by atoms with Gasteiger partial charge in [0.2, 0.25) is 0 Å². The van der Waals surface area contributed by atoms with E-state index in [9.17, 15) is 9.59 Å². The van der Waals surface area contributed by atoms with Crippen molar-refractivity contribution in [1.82, 2.24) is 20.0 Å². The van der Waals surface area contributed by atoms with E-state index in [0.717, 1.165) is 43.7 Å². The molecule has 1 unspecified atom stereocenters. The van der Waals surface area contributed by atoms with E-state index in [1.165, 1.54) is 0 Å². The molecule has 1 N–H and O–H groups in total. The lowest BCUT2D eigenvalue weighted by atomic mass is 9.87. The Hall–Kier alpha value is -3.00.